The lowest BCUT2D eigenvalue weighted by Gasteiger charge is -2.36. The lowest BCUT2D eigenvalue weighted by molar-refractivity contribution is -0.130. The summed E-state index contributed by atoms with van der Waals surface area (Å²) in [5.74, 6) is 0.202. The number of likely N-dealkylation sites (N-methyl/N-ethyl adjacent to an activating group) is 1. The fourth-order valence-corrected chi connectivity index (χ4v) is 1.77. The smallest absolute Gasteiger partial charge is 0.236 e. The van der Waals surface area contributed by atoms with Crippen LogP contribution in [-0.2, 0) is 4.79 Å². The average Bonchev–Trinajstić information content (AvgIpc) is 2.18. The van der Waals surface area contributed by atoms with E-state index in [9.17, 15) is 4.79 Å². The van der Waals surface area contributed by atoms with E-state index >= 15 is 0 Å². The van der Waals surface area contributed by atoms with Gasteiger partial charge in [-0.25, -0.2) is 0 Å². The van der Waals surface area contributed by atoms with Gasteiger partial charge in [0, 0.05) is 46.3 Å². The van der Waals surface area contributed by atoms with Crippen LogP contribution in [0, 0.1) is 0 Å². The summed E-state index contributed by atoms with van der Waals surface area (Å²) in [4.78, 5) is 17.9. The number of hydrogen-bond donors (Lipinski definition) is 0. The number of hydrogen-bond acceptors (Lipinski definition) is 3. The molecule has 1 amide bonds. The van der Waals surface area contributed by atoms with Crippen LogP contribution in [0.3, 0.4) is 0 Å². The van der Waals surface area contributed by atoms with Crippen LogP contribution in [0.2, 0.25) is 0 Å². The molecule has 1 heterocycles. The van der Waals surface area contributed by atoms with Gasteiger partial charge in [-0.1, -0.05) is 0 Å². The Morgan fingerprint density at radius 2 is 1.73 bits per heavy atom. The summed E-state index contributed by atoms with van der Waals surface area (Å²) in [6, 6.07) is 0.622. The molecule has 1 aliphatic heterocycles. The Morgan fingerprint density at radius 1 is 1.20 bits per heavy atom. The fraction of sp³-hybridized carbons (Fsp3) is 0.909. The van der Waals surface area contributed by atoms with Crippen LogP contribution in [0.25, 0.3) is 0 Å². The lowest BCUT2D eigenvalue weighted by Crippen LogP contribution is -2.51. The molecule has 0 spiro atoms. The fourth-order valence-electron chi connectivity index (χ4n) is 1.77. The average molecular weight is 213 g/mol. The van der Waals surface area contributed by atoms with Crippen molar-refractivity contribution in [1.29, 1.82) is 0 Å². The molecule has 0 aromatic carbocycles. The van der Waals surface area contributed by atoms with Gasteiger partial charge in [0.15, 0.2) is 0 Å². The van der Waals surface area contributed by atoms with Gasteiger partial charge in [0.1, 0.15) is 0 Å². The van der Waals surface area contributed by atoms with Crippen molar-refractivity contribution in [3.8, 4) is 0 Å². The largest absolute Gasteiger partial charge is 0.348 e. The van der Waals surface area contributed by atoms with E-state index in [-0.39, 0.29) is 5.91 Å². The van der Waals surface area contributed by atoms with E-state index in [4.69, 9.17) is 0 Å². The Kier molecular flexibility index (Phi) is 4.54. The Hall–Kier alpha value is -0.610. The molecule has 1 rings (SSSR count). The van der Waals surface area contributed by atoms with E-state index in [1.165, 1.54) is 0 Å². The molecule has 0 radical (unpaired) electrons. The van der Waals surface area contributed by atoms with Crippen LogP contribution in [0.4, 0.5) is 0 Å². The molecule has 0 unspecified atom stereocenters. The molecule has 4 heteroatoms. The SMILES string of the molecule is CC(C)N1CCN(CC(=O)N(C)C)CC1. The summed E-state index contributed by atoms with van der Waals surface area (Å²) in [5, 5.41) is 0. The molecule has 88 valence electrons. The van der Waals surface area contributed by atoms with Crippen LogP contribution in [0.5, 0.6) is 0 Å². The maximum Gasteiger partial charge on any atom is 0.236 e. The van der Waals surface area contributed by atoms with Crippen molar-refractivity contribution in [2.24, 2.45) is 0 Å². The molecule has 0 saturated carbocycles. The van der Waals surface area contributed by atoms with Crippen molar-refractivity contribution in [3.05, 3.63) is 0 Å². The summed E-state index contributed by atoms with van der Waals surface area (Å²) in [6.07, 6.45) is 0. The standard InChI is InChI=1S/C11H23N3O/c1-10(2)14-7-5-13(6-8-14)9-11(15)12(3)4/h10H,5-9H2,1-4H3. The summed E-state index contributed by atoms with van der Waals surface area (Å²) < 4.78 is 0. The van der Waals surface area contributed by atoms with Crippen molar-refractivity contribution in [1.82, 2.24) is 14.7 Å². The van der Waals surface area contributed by atoms with Crippen molar-refractivity contribution < 1.29 is 4.79 Å². The zero-order chi connectivity index (χ0) is 11.4. The van der Waals surface area contributed by atoms with Gasteiger partial charge in [0.05, 0.1) is 6.54 Å². The Bertz CT molecular complexity index is 208. The van der Waals surface area contributed by atoms with Crippen LogP contribution in [-0.4, -0.2) is 73.5 Å². The molecular weight excluding hydrogens is 190 g/mol. The van der Waals surface area contributed by atoms with Gasteiger partial charge in [-0.05, 0) is 13.8 Å². The first kappa shape index (κ1) is 12.5. The number of carbonyl (C=O) groups is 1. The van der Waals surface area contributed by atoms with Crippen molar-refractivity contribution in [2.75, 3.05) is 46.8 Å². The Morgan fingerprint density at radius 3 is 2.13 bits per heavy atom. The molecular formula is C11H23N3O. The minimum atomic E-state index is 0.202. The molecule has 1 aliphatic rings. The van der Waals surface area contributed by atoms with Crippen LogP contribution in [0.15, 0.2) is 0 Å². The number of carbonyl (C=O) groups excluding carboxylic acids is 1. The topological polar surface area (TPSA) is 26.8 Å². The van der Waals surface area contributed by atoms with E-state index in [1.54, 1.807) is 4.90 Å². The third-order valence-corrected chi connectivity index (χ3v) is 2.99. The van der Waals surface area contributed by atoms with Crippen LogP contribution in [0.1, 0.15) is 13.8 Å². The molecule has 4 nitrogen and oxygen atoms in total. The second-order valence-electron chi connectivity index (χ2n) is 4.69. The van der Waals surface area contributed by atoms with E-state index in [0.29, 0.717) is 12.6 Å². The highest BCUT2D eigenvalue weighted by molar-refractivity contribution is 5.77. The predicted molar refractivity (Wildman–Crippen MR) is 61.8 cm³/mol. The minimum Gasteiger partial charge on any atom is -0.348 e. The predicted octanol–water partition coefficient (Wildman–Crippen LogP) is 0.101. The van der Waals surface area contributed by atoms with Crippen molar-refractivity contribution in [2.45, 2.75) is 19.9 Å². The second-order valence-corrected chi connectivity index (χ2v) is 4.69. The molecule has 15 heavy (non-hydrogen) atoms. The lowest BCUT2D eigenvalue weighted by atomic mass is 10.2. The molecule has 1 saturated heterocycles. The first-order valence-electron chi connectivity index (χ1n) is 5.67. The van der Waals surface area contributed by atoms with Gasteiger partial charge in [-0.15, -0.1) is 0 Å². The highest BCUT2D eigenvalue weighted by Crippen LogP contribution is 2.05. The maximum atomic E-state index is 11.5. The van der Waals surface area contributed by atoms with Gasteiger partial charge >= 0.3 is 0 Å². The van der Waals surface area contributed by atoms with Crippen LogP contribution >= 0.6 is 0 Å². The third kappa shape index (κ3) is 3.80. The zero-order valence-electron chi connectivity index (χ0n) is 10.4. The van der Waals surface area contributed by atoms with Crippen molar-refractivity contribution in [3.63, 3.8) is 0 Å². The molecule has 0 N–H and O–H groups in total. The number of nitrogens with zero attached hydrogens (tertiary/aromatic N) is 3. The molecule has 0 bridgehead atoms. The van der Waals surface area contributed by atoms with E-state index in [0.717, 1.165) is 26.2 Å². The Balaban J connectivity index is 2.29. The highest BCUT2D eigenvalue weighted by atomic mass is 16.2. The van der Waals surface area contributed by atoms with Gasteiger partial charge in [-0.3, -0.25) is 14.6 Å². The first-order valence-corrected chi connectivity index (χ1v) is 5.67. The van der Waals surface area contributed by atoms with Gasteiger partial charge in [-0.2, -0.15) is 0 Å². The monoisotopic (exact) mass is 213 g/mol. The normalized spacial score (nSPS) is 19.5. The molecule has 0 aliphatic carbocycles. The number of rotatable bonds is 3. The zero-order valence-corrected chi connectivity index (χ0v) is 10.4. The van der Waals surface area contributed by atoms with Gasteiger partial charge in [0.2, 0.25) is 5.91 Å². The Labute approximate surface area is 92.8 Å². The van der Waals surface area contributed by atoms with Crippen LogP contribution < -0.4 is 0 Å². The van der Waals surface area contributed by atoms with E-state index in [1.807, 2.05) is 14.1 Å². The van der Waals surface area contributed by atoms with E-state index < -0.39 is 0 Å². The molecule has 0 aromatic heterocycles. The van der Waals surface area contributed by atoms with E-state index in [2.05, 4.69) is 23.6 Å². The minimum absolute atomic E-state index is 0.202. The highest BCUT2D eigenvalue weighted by Gasteiger charge is 2.20. The number of piperazine rings is 1. The molecule has 0 atom stereocenters. The number of amides is 1. The first-order chi connectivity index (χ1) is 7.00. The third-order valence-electron chi connectivity index (χ3n) is 2.99. The van der Waals surface area contributed by atoms with Crippen molar-refractivity contribution >= 4 is 5.91 Å². The van der Waals surface area contributed by atoms with Gasteiger partial charge < -0.3 is 4.90 Å². The summed E-state index contributed by atoms with van der Waals surface area (Å²) in [7, 11) is 3.62. The summed E-state index contributed by atoms with van der Waals surface area (Å²) in [6.45, 7) is 9.20. The summed E-state index contributed by atoms with van der Waals surface area (Å²) in [5.41, 5.74) is 0. The maximum absolute atomic E-state index is 11.5. The second kappa shape index (κ2) is 5.47. The quantitative estimate of drug-likeness (QED) is 0.665. The summed E-state index contributed by atoms with van der Waals surface area (Å²) >= 11 is 0. The van der Waals surface area contributed by atoms with Gasteiger partial charge in [0.25, 0.3) is 0 Å². The molecule has 1 fully saturated rings. The molecule has 0 aromatic rings.